The molecule has 1 aliphatic rings. The van der Waals surface area contributed by atoms with Crippen LogP contribution in [0.1, 0.15) is 76.1 Å². The van der Waals surface area contributed by atoms with Crippen LogP contribution < -0.4 is 0 Å². The van der Waals surface area contributed by atoms with Crippen molar-refractivity contribution >= 4 is 31.9 Å². The lowest BCUT2D eigenvalue weighted by Gasteiger charge is -2.33. The monoisotopic (exact) mass is 786 g/mol. The van der Waals surface area contributed by atoms with Crippen molar-refractivity contribution in [3.05, 3.63) is 23.0 Å². The minimum atomic E-state index is -4.76. The number of aliphatic imine (C=N–C) groups is 1. The Kier molecular flexibility index (Phi) is 23.3. The van der Waals surface area contributed by atoms with Gasteiger partial charge in [0.05, 0.1) is 58.3 Å². The highest BCUT2D eigenvalue weighted by Crippen LogP contribution is 2.37. The molecule has 18 heteroatoms. The number of aryl methyl sites for hydroxylation is 1. The minimum Gasteiger partial charge on any atom is -0.505 e. The first kappa shape index (κ1) is 47.1. The van der Waals surface area contributed by atoms with Gasteiger partial charge in [-0.25, -0.2) is 4.57 Å². The SMILES string of the molecule is CCCCOC(=O)CN1CCN(CCN=Cc2c(COP(=O)(O)O)cnc(C)c2O)CCN(CC(=O)OCCCC)CCN(CC(=O)OCCCC)CC1. The Bertz CT molecular complexity index is 1310. The lowest BCUT2D eigenvalue weighted by atomic mass is 10.1. The number of hydrogen-bond acceptors (Lipinski definition) is 15. The van der Waals surface area contributed by atoms with Gasteiger partial charge < -0.3 is 29.1 Å². The van der Waals surface area contributed by atoms with E-state index < -0.39 is 14.4 Å². The zero-order valence-electron chi connectivity index (χ0n) is 32.7. The lowest BCUT2D eigenvalue weighted by molar-refractivity contribution is -0.147. The molecule has 1 fully saturated rings. The fraction of sp³-hybridized carbons (Fsp3) is 0.750. The predicted octanol–water partition coefficient (Wildman–Crippen LogP) is 2.38. The van der Waals surface area contributed by atoms with E-state index in [2.05, 4.69) is 19.4 Å². The number of esters is 3. The molecule has 1 aliphatic heterocycles. The summed E-state index contributed by atoms with van der Waals surface area (Å²) in [6.45, 7) is 13.6. The maximum atomic E-state index is 12.8. The quantitative estimate of drug-likeness (QED) is 0.0508. The highest BCUT2D eigenvalue weighted by molar-refractivity contribution is 7.46. The molecule has 0 saturated carbocycles. The molecule has 1 aromatic rings. The van der Waals surface area contributed by atoms with Crippen LogP contribution in [-0.4, -0.2) is 169 Å². The largest absolute Gasteiger partial charge is 0.505 e. The summed E-state index contributed by atoms with van der Waals surface area (Å²) in [5.41, 5.74) is 0.847. The summed E-state index contributed by atoms with van der Waals surface area (Å²) < 4.78 is 32.3. The third-order valence-electron chi connectivity index (χ3n) is 8.78. The molecule has 0 spiro atoms. The Morgan fingerprint density at radius 3 is 1.56 bits per heavy atom. The number of ether oxygens (including phenoxy) is 3. The number of hydrogen-bond donors (Lipinski definition) is 3. The predicted molar refractivity (Wildman–Crippen MR) is 203 cm³/mol. The number of rotatable bonds is 22. The third-order valence-corrected chi connectivity index (χ3v) is 9.25. The Balaban J connectivity index is 2.26. The number of carbonyl (C=O) groups is 3. The van der Waals surface area contributed by atoms with E-state index in [0.29, 0.717) is 91.0 Å². The van der Waals surface area contributed by atoms with Gasteiger partial charge in [-0.2, -0.15) is 0 Å². The van der Waals surface area contributed by atoms with Crippen LogP contribution in [0.4, 0.5) is 0 Å². The minimum absolute atomic E-state index is 0.0944. The van der Waals surface area contributed by atoms with E-state index in [0.717, 1.165) is 38.5 Å². The molecule has 0 atom stereocenters. The van der Waals surface area contributed by atoms with Gasteiger partial charge in [0, 0.05) is 82.4 Å². The third kappa shape index (κ3) is 20.6. The number of aromatic hydroxyl groups is 1. The summed E-state index contributed by atoms with van der Waals surface area (Å²) in [6, 6.07) is 0. The van der Waals surface area contributed by atoms with Crippen molar-refractivity contribution in [1.29, 1.82) is 0 Å². The zero-order chi connectivity index (χ0) is 39.8. The first-order valence-corrected chi connectivity index (χ1v) is 20.6. The molecule has 54 heavy (non-hydrogen) atoms. The van der Waals surface area contributed by atoms with Gasteiger partial charge >= 0.3 is 25.7 Å². The molecule has 3 N–H and O–H groups in total. The van der Waals surface area contributed by atoms with E-state index >= 15 is 0 Å². The summed E-state index contributed by atoms with van der Waals surface area (Å²) in [7, 11) is -4.76. The molecular weight excluding hydrogens is 723 g/mol. The van der Waals surface area contributed by atoms with Gasteiger partial charge in [-0.1, -0.05) is 40.0 Å². The van der Waals surface area contributed by atoms with Gasteiger partial charge in [0.2, 0.25) is 0 Å². The van der Waals surface area contributed by atoms with Gasteiger partial charge in [0.15, 0.2) is 0 Å². The van der Waals surface area contributed by atoms with E-state index in [1.165, 1.54) is 12.4 Å². The number of pyridine rings is 1. The van der Waals surface area contributed by atoms with Gasteiger partial charge in [-0.05, 0) is 26.2 Å². The number of carbonyl (C=O) groups excluding carboxylic acids is 3. The van der Waals surface area contributed by atoms with E-state index in [9.17, 15) is 24.1 Å². The number of nitrogens with zero attached hydrogens (tertiary/aromatic N) is 6. The molecule has 0 bridgehead atoms. The Labute approximate surface area is 320 Å². The second-order valence-corrected chi connectivity index (χ2v) is 14.6. The second-order valence-electron chi connectivity index (χ2n) is 13.3. The maximum Gasteiger partial charge on any atom is 0.469 e. The maximum absolute atomic E-state index is 12.8. The molecular formula is C36H63N6O11P. The lowest BCUT2D eigenvalue weighted by Crippen LogP contribution is -2.49. The number of unbranched alkanes of at least 4 members (excludes halogenated alkanes) is 3. The van der Waals surface area contributed by atoms with E-state index in [1.54, 1.807) is 6.92 Å². The molecule has 17 nitrogen and oxygen atoms in total. The van der Waals surface area contributed by atoms with Crippen LogP contribution in [0, 0.1) is 6.92 Å². The van der Waals surface area contributed by atoms with E-state index in [-0.39, 0.29) is 54.4 Å². The molecule has 0 amide bonds. The summed E-state index contributed by atoms with van der Waals surface area (Å²) in [5, 5.41) is 10.7. The van der Waals surface area contributed by atoms with Crippen molar-refractivity contribution in [3.8, 4) is 5.75 Å². The molecule has 2 heterocycles. The van der Waals surface area contributed by atoms with Crippen molar-refractivity contribution in [2.75, 3.05) is 105 Å². The molecule has 0 aliphatic carbocycles. The highest BCUT2D eigenvalue weighted by atomic mass is 31.2. The molecule has 0 unspecified atom stereocenters. The highest BCUT2D eigenvalue weighted by Gasteiger charge is 2.22. The van der Waals surface area contributed by atoms with Crippen molar-refractivity contribution in [2.45, 2.75) is 72.8 Å². The summed E-state index contributed by atoms with van der Waals surface area (Å²) in [4.78, 5) is 73.5. The van der Waals surface area contributed by atoms with Crippen molar-refractivity contribution in [3.63, 3.8) is 0 Å². The van der Waals surface area contributed by atoms with Crippen molar-refractivity contribution < 1.29 is 52.6 Å². The number of phosphoric ester groups is 1. The number of phosphoric acid groups is 1. The van der Waals surface area contributed by atoms with Crippen molar-refractivity contribution in [1.82, 2.24) is 24.6 Å². The molecule has 1 saturated heterocycles. The van der Waals surface area contributed by atoms with Crippen LogP contribution >= 0.6 is 7.82 Å². The molecule has 308 valence electrons. The van der Waals surface area contributed by atoms with E-state index in [4.69, 9.17) is 24.0 Å². The van der Waals surface area contributed by atoms with Gasteiger partial charge in [0.1, 0.15) is 5.75 Å². The van der Waals surface area contributed by atoms with Crippen LogP contribution in [0.5, 0.6) is 5.75 Å². The Hall–Kier alpha value is -3.02. The smallest absolute Gasteiger partial charge is 0.469 e. The molecule has 2 rings (SSSR count). The summed E-state index contributed by atoms with van der Waals surface area (Å²) in [6.07, 6.45) is 7.91. The average molecular weight is 787 g/mol. The standard InChI is InChI=1S/C36H63N6O11P/c1-5-8-21-50-33(43)26-40-15-13-39(12-11-37-25-32-31(29-53-54(47,48)49)24-38-30(4)36(32)46)14-16-41(27-34(44)51-22-9-6-2)18-20-42(19-17-40)28-35(45)52-23-10-7-3/h24-25,46H,5-23,26-29H2,1-4H3,(H2,47,48,49). The first-order chi connectivity index (χ1) is 25.8. The van der Waals surface area contributed by atoms with Crippen LogP contribution in [0.15, 0.2) is 11.2 Å². The Morgan fingerprint density at radius 2 is 1.17 bits per heavy atom. The van der Waals surface area contributed by atoms with Crippen LogP contribution in [-0.2, 0) is 44.3 Å². The second kappa shape index (κ2) is 26.7. The molecule has 0 aromatic carbocycles. The number of aromatic nitrogens is 1. The van der Waals surface area contributed by atoms with Crippen LogP contribution in [0.25, 0.3) is 0 Å². The topological polar surface area (TPSA) is 204 Å². The van der Waals surface area contributed by atoms with E-state index in [1.807, 2.05) is 35.5 Å². The van der Waals surface area contributed by atoms with Gasteiger partial charge in [-0.3, -0.25) is 48.5 Å². The summed E-state index contributed by atoms with van der Waals surface area (Å²) in [5.74, 6) is -1.09. The van der Waals surface area contributed by atoms with Crippen LogP contribution in [0.2, 0.25) is 0 Å². The normalized spacial score (nSPS) is 16.2. The fourth-order valence-electron chi connectivity index (χ4n) is 5.37. The first-order valence-electron chi connectivity index (χ1n) is 19.1. The fourth-order valence-corrected chi connectivity index (χ4v) is 5.68. The van der Waals surface area contributed by atoms with Gasteiger partial charge in [0.25, 0.3) is 0 Å². The molecule has 1 aromatic heterocycles. The van der Waals surface area contributed by atoms with Crippen molar-refractivity contribution in [2.24, 2.45) is 4.99 Å². The van der Waals surface area contributed by atoms with Gasteiger partial charge in [-0.15, -0.1) is 0 Å². The zero-order valence-corrected chi connectivity index (χ0v) is 33.6. The van der Waals surface area contributed by atoms with Crippen LogP contribution in [0.3, 0.4) is 0 Å². The molecule has 0 radical (unpaired) electrons. The Morgan fingerprint density at radius 1 is 0.759 bits per heavy atom. The summed E-state index contributed by atoms with van der Waals surface area (Å²) >= 11 is 0. The average Bonchev–Trinajstić information content (AvgIpc) is 3.11.